The van der Waals surface area contributed by atoms with Gasteiger partial charge >= 0.3 is 0 Å². The average molecular weight is 257 g/mol. The van der Waals surface area contributed by atoms with Crippen molar-refractivity contribution in [2.75, 3.05) is 0 Å². The van der Waals surface area contributed by atoms with Crippen LogP contribution in [0.4, 0.5) is 0 Å². The average Bonchev–Trinajstić information content (AvgIpc) is 2.34. The highest BCUT2D eigenvalue weighted by molar-refractivity contribution is 5.28. The number of aromatic nitrogens is 2. The van der Waals surface area contributed by atoms with Crippen molar-refractivity contribution in [2.24, 2.45) is 5.73 Å². The maximum Gasteiger partial charge on any atom is 0.253 e. The van der Waals surface area contributed by atoms with Gasteiger partial charge in [-0.15, -0.1) is 0 Å². The van der Waals surface area contributed by atoms with Crippen molar-refractivity contribution in [3.8, 4) is 0 Å². The molecular weight excluding hydrogens is 238 g/mol. The first kappa shape index (κ1) is 13.5. The highest BCUT2D eigenvalue weighted by Crippen LogP contribution is 2.16. The fourth-order valence-corrected chi connectivity index (χ4v) is 2.28. The minimum absolute atomic E-state index is 0.0472. The zero-order valence-corrected chi connectivity index (χ0v) is 11.6. The molecule has 0 bridgehead atoms. The van der Waals surface area contributed by atoms with Crippen molar-refractivity contribution in [3.63, 3.8) is 0 Å². The number of hydrogen-bond acceptors (Lipinski definition) is 3. The minimum Gasteiger partial charge on any atom is -0.322 e. The van der Waals surface area contributed by atoms with Gasteiger partial charge in [0.1, 0.15) is 5.82 Å². The van der Waals surface area contributed by atoms with E-state index in [9.17, 15) is 4.79 Å². The fraction of sp³-hybridized carbons (Fsp3) is 0.333. The monoisotopic (exact) mass is 257 g/mol. The number of benzene rings is 1. The molecule has 0 aliphatic rings. The molecule has 0 amide bonds. The summed E-state index contributed by atoms with van der Waals surface area (Å²) in [5.41, 5.74) is 9.11. The van der Waals surface area contributed by atoms with Gasteiger partial charge in [-0.1, -0.05) is 24.3 Å². The van der Waals surface area contributed by atoms with E-state index in [1.165, 1.54) is 6.07 Å². The first-order chi connectivity index (χ1) is 8.99. The van der Waals surface area contributed by atoms with Crippen LogP contribution < -0.4 is 11.3 Å². The second-order valence-electron chi connectivity index (χ2n) is 4.86. The standard InChI is InChI=1S/C15H19N3O/c1-10-6-4-5-7-13(10)14(16)9-18-12(3)17-11(2)8-15(18)19/h4-8,14H,9,16H2,1-3H3. The van der Waals surface area contributed by atoms with Crippen molar-refractivity contribution >= 4 is 0 Å². The van der Waals surface area contributed by atoms with Crippen molar-refractivity contribution in [1.82, 2.24) is 9.55 Å². The Balaban J connectivity index is 2.32. The zero-order chi connectivity index (χ0) is 14.0. The summed E-state index contributed by atoms with van der Waals surface area (Å²) < 4.78 is 1.63. The van der Waals surface area contributed by atoms with E-state index < -0.39 is 0 Å². The van der Waals surface area contributed by atoms with Gasteiger partial charge in [0.05, 0.1) is 0 Å². The lowest BCUT2D eigenvalue weighted by Gasteiger charge is -2.17. The highest BCUT2D eigenvalue weighted by Gasteiger charge is 2.12. The molecule has 1 unspecified atom stereocenters. The summed E-state index contributed by atoms with van der Waals surface area (Å²) in [5, 5.41) is 0. The van der Waals surface area contributed by atoms with Gasteiger partial charge in [-0.3, -0.25) is 9.36 Å². The van der Waals surface area contributed by atoms with Crippen LogP contribution in [0.3, 0.4) is 0 Å². The zero-order valence-electron chi connectivity index (χ0n) is 11.6. The first-order valence-electron chi connectivity index (χ1n) is 6.35. The van der Waals surface area contributed by atoms with Gasteiger partial charge in [0.25, 0.3) is 5.56 Å². The van der Waals surface area contributed by atoms with E-state index in [4.69, 9.17) is 5.73 Å². The number of aryl methyl sites for hydroxylation is 3. The molecule has 4 heteroatoms. The predicted octanol–water partition coefficient (Wildman–Crippen LogP) is 1.87. The summed E-state index contributed by atoms with van der Waals surface area (Å²) in [7, 11) is 0. The molecule has 1 heterocycles. The van der Waals surface area contributed by atoms with Crippen molar-refractivity contribution in [2.45, 2.75) is 33.4 Å². The van der Waals surface area contributed by atoms with E-state index in [0.29, 0.717) is 12.4 Å². The molecule has 2 rings (SSSR count). The molecule has 2 aromatic rings. The Labute approximate surface area is 112 Å². The molecule has 0 saturated heterocycles. The SMILES string of the molecule is Cc1cc(=O)n(CC(N)c2ccccc2C)c(C)n1. The number of rotatable bonds is 3. The molecule has 0 saturated carbocycles. The van der Waals surface area contributed by atoms with E-state index in [0.717, 1.165) is 16.8 Å². The highest BCUT2D eigenvalue weighted by atomic mass is 16.1. The van der Waals surface area contributed by atoms with Crippen LogP contribution in [0.5, 0.6) is 0 Å². The molecule has 0 radical (unpaired) electrons. The maximum atomic E-state index is 12.0. The van der Waals surface area contributed by atoms with E-state index in [2.05, 4.69) is 4.98 Å². The molecule has 0 spiro atoms. The number of nitrogens with two attached hydrogens (primary N) is 1. The Hall–Kier alpha value is -1.94. The molecule has 1 aromatic heterocycles. The molecule has 4 nitrogen and oxygen atoms in total. The maximum absolute atomic E-state index is 12.0. The lowest BCUT2D eigenvalue weighted by molar-refractivity contribution is 0.537. The van der Waals surface area contributed by atoms with Crippen LogP contribution in [0, 0.1) is 20.8 Å². The topological polar surface area (TPSA) is 60.9 Å². The largest absolute Gasteiger partial charge is 0.322 e. The third kappa shape index (κ3) is 2.90. The summed E-state index contributed by atoms with van der Waals surface area (Å²) in [6.45, 7) is 6.12. The lowest BCUT2D eigenvalue weighted by atomic mass is 10.0. The Morgan fingerprint density at radius 3 is 2.58 bits per heavy atom. The molecule has 2 N–H and O–H groups in total. The molecule has 0 fully saturated rings. The van der Waals surface area contributed by atoms with Crippen LogP contribution in [-0.4, -0.2) is 9.55 Å². The lowest BCUT2D eigenvalue weighted by Crippen LogP contribution is -2.29. The third-order valence-corrected chi connectivity index (χ3v) is 3.29. The van der Waals surface area contributed by atoms with Crippen molar-refractivity contribution in [1.29, 1.82) is 0 Å². The summed E-state index contributed by atoms with van der Waals surface area (Å²) in [4.78, 5) is 16.3. The van der Waals surface area contributed by atoms with Crippen molar-refractivity contribution < 1.29 is 0 Å². The van der Waals surface area contributed by atoms with Gasteiger partial charge < -0.3 is 5.73 Å². The summed E-state index contributed by atoms with van der Waals surface area (Å²) in [6.07, 6.45) is 0. The van der Waals surface area contributed by atoms with Crippen LogP contribution in [0.1, 0.15) is 28.7 Å². The van der Waals surface area contributed by atoms with Gasteiger partial charge in [0, 0.05) is 24.3 Å². The van der Waals surface area contributed by atoms with Crippen LogP contribution in [-0.2, 0) is 6.54 Å². The normalized spacial score (nSPS) is 12.4. The second-order valence-corrected chi connectivity index (χ2v) is 4.86. The fourth-order valence-electron chi connectivity index (χ4n) is 2.28. The van der Waals surface area contributed by atoms with E-state index in [1.807, 2.05) is 45.0 Å². The summed E-state index contributed by atoms with van der Waals surface area (Å²) in [5.74, 6) is 0.703. The molecule has 1 atom stereocenters. The van der Waals surface area contributed by atoms with Gasteiger partial charge in [-0.25, -0.2) is 4.98 Å². The molecule has 0 aliphatic carbocycles. The van der Waals surface area contributed by atoms with E-state index >= 15 is 0 Å². The van der Waals surface area contributed by atoms with Crippen LogP contribution in [0.15, 0.2) is 35.1 Å². The Morgan fingerprint density at radius 1 is 1.26 bits per heavy atom. The Morgan fingerprint density at radius 2 is 1.95 bits per heavy atom. The molecule has 1 aromatic carbocycles. The first-order valence-corrected chi connectivity index (χ1v) is 6.35. The quantitative estimate of drug-likeness (QED) is 0.913. The van der Waals surface area contributed by atoms with Crippen LogP contribution >= 0.6 is 0 Å². The van der Waals surface area contributed by atoms with E-state index in [-0.39, 0.29) is 11.6 Å². The van der Waals surface area contributed by atoms with Crippen LogP contribution in [0.2, 0.25) is 0 Å². The van der Waals surface area contributed by atoms with Gasteiger partial charge in [-0.05, 0) is 31.9 Å². The Kier molecular flexibility index (Phi) is 3.81. The van der Waals surface area contributed by atoms with Crippen molar-refractivity contribution in [3.05, 3.63) is 63.3 Å². The van der Waals surface area contributed by atoms with Gasteiger partial charge in [-0.2, -0.15) is 0 Å². The number of hydrogen-bond donors (Lipinski definition) is 1. The van der Waals surface area contributed by atoms with E-state index in [1.54, 1.807) is 4.57 Å². The summed E-state index contributed by atoms with van der Waals surface area (Å²) >= 11 is 0. The van der Waals surface area contributed by atoms with Gasteiger partial charge in [0.2, 0.25) is 0 Å². The van der Waals surface area contributed by atoms with Gasteiger partial charge in [0.15, 0.2) is 0 Å². The smallest absolute Gasteiger partial charge is 0.253 e. The molecule has 100 valence electrons. The Bertz CT molecular complexity index is 646. The predicted molar refractivity (Wildman–Crippen MR) is 76.1 cm³/mol. The molecule has 19 heavy (non-hydrogen) atoms. The number of nitrogens with zero attached hydrogens (tertiary/aromatic N) is 2. The van der Waals surface area contributed by atoms with Crippen LogP contribution in [0.25, 0.3) is 0 Å². The minimum atomic E-state index is -0.206. The molecule has 0 aliphatic heterocycles. The molecular formula is C15H19N3O. The second kappa shape index (κ2) is 5.36. The summed E-state index contributed by atoms with van der Waals surface area (Å²) in [6, 6.07) is 9.31. The third-order valence-electron chi connectivity index (χ3n) is 3.29.